The van der Waals surface area contributed by atoms with Gasteiger partial charge in [-0.15, -0.1) is 0 Å². The van der Waals surface area contributed by atoms with E-state index in [9.17, 15) is 39.0 Å². The van der Waals surface area contributed by atoms with Crippen molar-refractivity contribution in [2.45, 2.75) is 13.8 Å². The summed E-state index contributed by atoms with van der Waals surface area (Å²) >= 11 is 0. The van der Waals surface area contributed by atoms with Gasteiger partial charge in [0.05, 0.1) is 33.6 Å². The highest BCUT2D eigenvalue weighted by Crippen LogP contribution is 2.39. The maximum atomic E-state index is 13.0. The van der Waals surface area contributed by atoms with E-state index in [2.05, 4.69) is 21.3 Å². The second-order valence-electron chi connectivity index (χ2n) is 12.9. The summed E-state index contributed by atoms with van der Waals surface area (Å²) in [6.45, 7) is 2.85. The van der Waals surface area contributed by atoms with Crippen LogP contribution in [-0.2, 0) is 9.59 Å². The predicted molar refractivity (Wildman–Crippen MR) is 211 cm³/mol. The second-order valence-corrected chi connectivity index (χ2v) is 12.9. The molecule has 0 radical (unpaired) electrons. The Balaban J connectivity index is 0.000000172. The molecule has 0 aliphatic heterocycles. The fraction of sp³-hybridized carbons (Fsp3) is 0.0455. The maximum Gasteiger partial charge on any atom is 0.221 e. The van der Waals surface area contributed by atoms with E-state index < -0.39 is 0 Å². The molecular formula is C44H32N4O8. The molecule has 0 unspecified atom stereocenters. The van der Waals surface area contributed by atoms with Gasteiger partial charge in [0, 0.05) is 58.9 Å². The van der Waals surface area contributed by atoms with Gasteiger partial charge in [0.1, 0.15) is 11.5 Å². The van der Waals surface area contributed by atoms with Crippen molar-refractivity contribution in [3.8, 4) is 11.5 Å². The SMILES string of the molecule is CC(=O)Nc1ccc(Nc2ccc(O)c3c2C(=O)c2ccccc2C3=O)cc1.CC(=O)Nc1ccc(Nc2ccc(O)c3c2C(=O)c2ccccc2C3=O)cc1. The van der Waals surface area contributed by atoms with E-state index in [1.54, 1.807) is 109 Å². The quantitative estimate of drug-likeness (QED) is 0.0919. The number of amides is 2. The van der Waals surface area contributed by atoms with Crippen LogP contribution in [0.3, 0.4) is 0 Å². The summed E-state index contributed by atoms with van der Waals surface area (Å²) in [6.07, 6.45) is 0. The fourth-order valence-corrected chi connectivity index (χ4v) is 6.61. The molecule has 6 aromatic carbocycles. The van der Waals surface area contributed by atoms with Crippen LogP contribution in [0.1, 0.15) is 77.5 Å². The molecule has 0 saturated heterocycles. The number of rotatable bonds is 6. The molecule has 276 valence electrons. The van der Waals surface area contributed by atoms with E-state index in [4.69, 9.17) is 0 Å². The first kappa shape index (κ1) is 36.5. The zero-order chi connectivity index (χ0) is 39.7. The van der Waals surface area contributed by atoms with Crippen LogP contribution in [0.15, 0.2) is 121 Å². The van der Waals surface area contributed by atoms with E-state index in [1.165, 1.54) is 26.0 Å². The van der Waals surface area contributed by atoms with Gasteiger partial charge in [0.25, 0.3) is 0 Å². The lowest BCUT2D eigenvalue weighted by atomic mass is 9.82. The molecule has 0 bridgehead atoms. The molecule has 0 atom stereocenters. The summed E-state index contributed by atoms with van der Waals surface area (Å²) in [7, 11) is 0. The number of fused-ring (bicyclic) bond motifs is 4. The zero-order valence-electron chi connectivity index (χ0n) is 29.9. The first-order valence-electron chi connectivity index (χ1n) is 17.3. The van der Waals surface area contributed by atoms with Crippen molar-refractivity contribution in [1.29, 1.82) is 0 Å². The van der Waals surface area contributed by atoms with E-state index in [1.807, 2.05) is 0 Å². The van der Waals surface area contributed by atoms with Gasteiger partial charge in [-0.25, -0.2) is 0 Å². The number of nitrogens with one attached hydrogen (secondary N) is 4. The highest BCUT2D eigenvalue weighted by molar-refractivity contribution is 6.32. The summed E-state index contributed by atoms with van der Waals surface area (Å²) in [6, 6.07) is 32.9. The predicted octanol–water partition coefficient (Wildman–Crippen LogP) is 7.74. The highest BCUT2D eigenvalue weighted by atomic mass is 16.3. The van der Waals surface area contributed by atoms with Crippen LogP contribution in [-0.4, -0.2) is 45.2 Å². The Morgan fingerprint density at radius 3 is 0.982 bits per heavy atom. The minimum atomic E-state index is -0.382. The maximum absolute atomic E-state index is 13.0. The number of aromatic hydroxyl groups is 2. The third kappa shape index (κ3) is 6.97. The number of anilines is 6. The molecule has 8 rings (SSSR count). The molecular weight excluding hydrogens is 713 g/mol. The highest BCUT2D eigenvalue weighted by Gasteiger charge is 2.35. The summed E-state index contributed by atoms with van der Waals surface area (Å²) in [5.74, 6) is -2.20. The minimum Gasteiger partial charge on any atom is -0.507 e. The number of hydrogen-bond donors (Lipinski definition) is 6. The first-order chi connectivity index (χ1) is 26.9. The molecule has 0 spiro atoms. The topological polar surface area (TPSA) is 191 Å². The Hall–Kier alpha value is -7.86. The van der Waals surface area contributed by atoms with Crippen molar-refractivity contribution in [3.05, 3.63) is 166 Å². The molecule has 12 heteroatoms. The summed E-state index contributed by atoms with van der Waals surface area (Å²) < 4.78 is 0. The van der Waals surface area contributed by atoms with E-state index in [0.717, 1.165) is 0 Å². The Morgan fingerprint density at radius 2 is 0.679 bits per heavy atom. The second kappa shape index (κ2) is 14.9. The van der Waals surface area contributed by atoms with Gasteiger partial charge in [-0.3, -0.25) is 28.8 Å². The van der Waals surface area contributed by atoms with E-state index in [0.29, 0.717) is 45.3 Å². The summed E-state index contributed by atoms with van der Waals surface area (Å²) in [4.78, 5) is 74.0. The van der Waals surface area contributed by atoms with Crippen LogP contribution in [0, 0.1) is 0 Å². The number of carbonyl (C=O) groups excluding carboxylic acids is 6. The summed E-state index contributed by atoms with van der Waals surface area (Å²) in [5, 5.41) is 32.1. The Kier molecular flexibility index (Phi) is 9.69. The smallest absolute Gasteiger partial charge is 0.221 e. The van der Waals surface area contributed by atoms with Crippen molar-refractivity contribution in [2.24, 2.45) is 0 Å². The third-order valence-corrected chi connectivity index (χ3v) is 9.08. The summed E-state index contributed by atoms with van der Waals surface area (Å²) in [5.41, 5.74) is 4.97. The number of ketones is 4. The van der Waals surface area contributed by atoms with Gasteiger partial charge >= 0.3 is 0 Å². The van der Waals surface area contributed by atoms with Crippen LogP contribution in [0.5, 0.6) is 11.5 Å². The normalized spacial score (nSPS) is 12.2. The number of hydrogen-bond acceptors (Lipinski definition) is 10. The van der Waals surface area contributed by atoms with Crippen LogP contribution >= 0.6 is 0 Å². The van der Waals surface area contributed by atoms with Crippen molar-refractivity contribution in [1.82, 2.24) is 0 Å². The number of benzene rings is 6. The lowest BCUT2D eigenvalue weighted by Crippen LogP contribution is -2.22. The molecule has 0 saturated carbocycles. The average molecular weight is 745 g/mol. The molecule has 0 fully saturated rings. The number of phenolic OH excluding ortho intramolecular Hbond substituents is 2. The fourth-order valence-electron chi connectivity index (χ4n) is 6.61. The van der Waals surface area contributed by atoms with Crippen molar-refractivity contribution >= 4 is 69.1 Å². The van der Waals surface area contributed by atoms with Crippen LogP contribution < -0.4 is 21.3 Å². The minimum absolute atomic E-state index is 0.00330. The number of phenols is 2. The van der Waals surface area contributed by atoms with Gasteiger partial charge in [0.15, 0.2) is 23.1 Å². The lowest BCUT2D eigenvalue weighted by Gasteiger charge is -2.21. The average Bonchev–Trinajstić information content (AvgIpc) is 3.18. The van der Waals surface area contributed by atoms with Crippen LogP contribution in [0.2, 0.25) is 0 Å². The third-order valence-electron chi connectivity index (χ3n) is 9.08. The van der Waals surface area contributed by atoms with Crippen molar-refractivity contribution in [3.63, 3.8) is 0 Å². The van der Waals surface area contributed by atoms with Gasteiger partial charge in [-0.2, -0.15) is 0 Å². The lowest BCUT2D eigenvalue weighted by molar-refractivity contribution is -0.115. The zero-order valence-corrected chi connectivity index (χ0v) is 29.9. The van der Waals surface area contributed by atoms with Gasteiger partial charge < -0.3 is 31.5 Å². The molecule has 12 nitrogen and oxygen atoms in total. The van der Waals surface area contributed by atoms with Crippen molar-refractivity contribution in [2.75, 3.05) is 21.3 Å². The molecule has 6 aromatic rings. The van der Waals surface area contributed by atoms with E-state index >= 15 is 0 Å². The molecule has 0 heterocycles. The molecule has 2 aliphatic carbocycles. The largest absolute Gasteiger partial charge is 0.507 e. The van der Waals surface area contributed by atoms with Gasteiger partial charge in [-0.1, -0.05) is 48.5 Å². The Labute approximate surface area is 319 Å². The van der Waals surface area contributed by atoms with Crippen LogP contribution in [0.4, 0.5) is 34.1 Å². The van der Waals surface area contributed by atoms with Gasteiger partial charge in [-0.05, 0) is 72.8 Å². The monoisotopic (exact) mass is 744 g/mol. The molecule has 2 aliphatic rings. The molecule has 56 heavy (non-hydrogen) atoms. The van der Waals surface area contributed by atoms with E-state index in [-0.39, 0.29) is 79.8 Å². The van der Waals surface area contributed by atoms with Crippen LogP contribution in [0.25, 0.3) is 0 Å². The standard InChI is InChI=1S/2C22H16N2O4/c2*1-12(25)23-13-6-8-14(9-7-13)24-17-10-11-18(26)20-19(17)21(27)15-4-2-3-5-16(15)22(20)28/h2*2-11,24,26H,1H3,(H,23,25). The molecule has 2 amide bonds. The number of carbonyl (C=O) groups is 6. The Morgan fingerprint density at radius 1 is 0.393 bits per heavy atom. The molecule has 6 N–H and O–H groups in total. The Bertz CT molecular complexity index is 2450. The van der Waals surface area contributed by atoms with Gasteiger partial charge in [0.2, 0.25) is 11.8 Å². The molecule has 0 aromatic heterocycles. The van der Waals surface area contributed by atoms with Crippen molar-refractivity contribution < 1.29 is 39.0 Å². The first-order valence-corrected chi connectivity index (χ1v) is 17.3.